The maximum Gasteiger partial charge on any atom is 0.275 e. The molecule has 138 valence electrons. The van der Waals surface area contributed by atoms with Crippen LogP contribution in [0, 0.1) is 0 Å². The number of quaternary nitrogens is 1. The molecule has 2 atom stereocenters. The monoisotopic (exact) mass is 373 g/mol. The zero-order chi connectivity index (χ0) is 18.5. The third kappa shape index (κ3) is 5.23. The Hall–Kier alpha value is -2.04. The van der Waals surface area contributed by atoms with Crippen molar-refractivity contribution in [2.24, 2.45) is 0 Å². The minimum atomic E-state index is -0.0267. The van der Waals surface area contributed by atoms with E-state index >= 15 is 0 Å². The Kier molecular flexibility index (Phi) is 6.17. The first kappa shape index (κ1) is 18.7. The molecule has 1 amide bonds. The summed E-state index contributed by atoms with van der Waals surface area (Å²) in [6, 6.07) is 16.3. The molecular formula is C21H26ClN2O2+. The van der Waals surface area contributed by atoms with E-state index in [1.165, 1.54) is 23.3 Å². The SMILES string of the molecule is COc1ccc(C[NH+](CC(=O)N[C@@H](C)c2ccc(Cl)cc2)C2CC2)cc1. The van der Waals surface area contributed by atoms with Crippen molar-refractivity contribution in [3.05, 3.63) is 64.7 Å². The third-order valence-electron chi connectivity index (χ3n) is 4.88. The van der Waals surface area contributed by atoms with E-state index in [1.54, 1.807) is 7.11 Å². The smallest absolute Gasteiger partial charge is 0.275 e. The van der Waals surface area contributed by atoms with Gasteiger partial charge in [0, 0.05) is 23.4 Å². The zero-order valence-electron chi connectivity index (χ0n) is 15.3. The Morgan fingerprint density at radius 1 is 1.19 bits per heavy atom. The highest BCUT2D eigenvalue weighted by molar-refractivity contribution is 6.30. The van der Waals surface area contributed by atoms with Crippen LogP contribution in [0.2, 0.25) is 5.02 Å². The molecule has 0 saturated heterocycles. The molecule has 1 aliphatic carbocycles. The minimum absolute atomic E-state index is 0.0267. The van der Waals surface area contributed by atoms with Gasteiger partial charge in [0.05, 0.1) is 19.2 Å². The van der Waals surface area contributed by atoms with E-state index in [-0.39, 0.29) is 11.9 Å². The number of amides is 1. The molecule has 0 radical (unpaired) electrons. The Morgan fingerprint density at radius 3 is 2.42 bits per heavy atom. The summed E-state index contributed by atoms with van der Waals surface area (Å²) in [6.07, 6.45) is 2.40. The highest BCUT2D eigenvalue weighted by atomic mass is 35.5. The maximum atomic E-state index is 12.5. The van der Waals surface area contributed by atoms with E-state index in [1.807, 2.05) is 43.3 Å². The van der Waals surface area contributed by atoms with Gasteiger partial charge in [-0.05, 0) is 48.9 Å². The second kappa shape index (κ2) is 8.56. The minimum Gasteiger partial charge on any atom is -0.497 e. The highest BCUT2D eigenvalue weighted by Gasteiger charge is 2.34. The van der Waals surface area contributed by atoms with Gasteiger partial charge in [0.15, 0.2) is 6.54 Å². The molecule has 2 N–H and O–H groups in total. The molecule has 1 saturated carbocycles. The molecule has 0 heterocycles. The van der Waals surface area contributed by atoms with Gasteiger partial charge < -0.3 is 15.0 Å². The second-order valence-electron chi connectivity index (χ2n) is 6.97. The average Bonchev–Trinajstić information content (AvgIpc) is 3.47. The van der Waals surface area contributed by atoms with E-state index in [4.69, 9.17) is 16.3 Å². The van der Waals surface area contributed by atoms with E-state index in [0.717, 1.165) is 17.9 Å². The number of nitrogens with one attached hydrogen (secondary N) is 2. The standard InChI is InChI=1S/C21H25ClN2O2/c1-15(17-5-7-18(22)8-6-17)23-21(25)14-24(19-9-10-19)13-16-3-11-20(26-2)12-4-16/h3-8,11-12,15,19H,9-10,13-14H2,1-2H3,(H,23,25)/p+1/t15-/m0/s1. The number of hydrogen-bond donors (Lipinski definition) is 2. The molecule has 2 aromatic carbocycles. The van der Waals surface area contributed by atoms with Gasteiger partial charge in [0.25, 0.3) is 5.91 Å². The number of methoxy groups -OCH3 is 1. The third-order valence-corrected chi connectivity index (χ3v) is 5.13. The summed E-state index contributed by atoms with van der Waals surface area (Å²) in [5, 5.41) is 3.81. The summed E-state index contributed by atoms with van der Waals surface area (Å²) in [4.78, 5) is 13.9. The van der Waals surface area contributed by atoms with Crippen molar-refractivity contribution in [2.75, 3.05) is 13.7 Å². The summed E-state index contributed by atoms with van der Waals surface area (Å²) < 4.78 is 5.21. The first-order valence-electron chi connectivity index (χ1n) is 9.07. The van der Waals surface area contributed by atoms with Crippen LogP contribution in [0.1, 0.15) is 36.9 Å². The van der Waals surface area contributed by atoms with E-state index in [0.29, 0.717) is 17.6 Å². The van der Waals surface area contributed by atoms with Crippen LogP contribution in [0.5, 0.6) is 5.75 Å². The number of carbonyl (C=O) groups is 1. The summed E-state index contributed by atoms with van der Waals surface area (Å²) in [6.45, 7) is 3.35. The van der Waals surface area contributed by atoms with Gasteiger partial charge in [0.2, 0.25) is 0 Å². The van der Waals surface area contributed by atoms with Crippen molar-refractivity contribution < 1.29 is 14.4 Å². The lowest BCUT2D eigenvalue weighted by atomic mass is 10.1. The van der Waals surface area contributed by atoms with Crippen molar-refractivity contribution >= 4 is 17.5 Å². The lowest BCUT2D eigenvalue weighted by molar-refractivity contribution is -0.917. The molecule has 1 fully saturated rings. The van der Waals surface area contributed by atoms with E-state index in [9.17, 15) is 4.79 Å². The van der Waals surface area contributed by atoms with Crippen molar-refractivity contribution in [3.8, 4) is 5.75 Å². The van der Waals surface area contributed by atoms with Gasteiger partial charge in [-0.2, -0.15) is 0 Å². The van der Waals surface area contributed by atoms with E-state index in [2.05, 4.69) is 17.4 Å². The predicted molar refractivity (Wildman–Crippen MR) is 104 cm³/mol. The van der Waals surface area contributed by atoms with Crippen molar-refractivity contribution in [2.45, 2.75) is 38.4 Å². The molecule has 4 nitrogen and oxygen atoms in total. The highest BCUT2D eigenvalue weighted by Crippen LogP contribution is 2.17. The van der Waals surface area contributed by atoms with Crippen LogP contribution in [0.4, 0.5) is 0 Å². The zero-order valence-corrected chi connectivity index (χ0v) is 16.1. The molecule has 3 rings (SSSR count). The largest absolute Gasteiger partial charge is 0.497 e. The predicted octanol–water partition coefficient (Wildman–Crippen LogP) is 2.77. The van der Waals surface area contributed by atoms with Gasteiger partial charge in [-0.25, -0.2) is 0 Å². The number of rotatable bonds is 8. The Labute approximate surface area is 160 Å². The van der Waals surface area contributed by atoms with Crippen molar-refractivity contribution in [1.29, 1.82) is 0 Å². The maximum absolute atomic E-state index is 12.5. The molecule has 2 aromatic rings. The Bertz CT molecular complexity index is 727. The van der Waals surface area contributed by atoms with Gasteiger partial charge in [0.1, 0.15) is 12.3 Å². The Morgan fingerprint density at radius 2 is 1.85 bits per heavy atom. The number of ether oxygens (including phenoxy) is 1. The lowest BCUT2D eigenvalue weighted by Gasteiger charge is -2.21. The van der Waals surface area contributed by atoms with Crippen molar-refractivity contribution in [3.63, 3.8) is 0 Å². The molecule has 5 heteroatoms. The average molecular weight is 374 g/mol. The quantitative estimate of drug-likeness (QED) is 0.747. The Balaban J connectivity index is 1.56. The van der Waals surface area contributed by atoms with Gasteiger partial charge in [-0.3, -0.25) is 4.79 Å². The van der Waals surface area contributed by atoms with Crippen molar-refractivity contribution in [1.82, 2.24) is 5.32 Å². The van der Waals surface area contributed by atoms with E-state index < -0.39 is 0 Å². The topological polar surface area (TPSA) is 42.8 Å². The molecule has 26 heavy (non-hydrogen) atoms. The molecule has 0 aliphatic heterocycles. The molecule has 0 spiro atoms. The summed E-state index contributed by atoms with van der Waals surface area (Å²) in [5.74, 6) is 0.944. The molecule has 1 unspecified atom stereocenters. The number of benzene rings is 2. The summed E-state index contributed by atoms with van der Waals surface area (Å²) in [7, 11) is 1.67. The fourth-order valence-electron chi connectivity index (χ4n) is 3.18. The van der Waals surface area contributed by atoms with Crippen LogP contribution in [0.15, 0.2) is 48.5 Å². The molecule has 0 bridgehead atoms. The van der Waals surface area contributed by atoms with Crippen LogP contribution < -0.4 is 15.0 Å². The normalized spacial score (nSPS) is 16.0. The molecule has 1 aliphatic rings. The fraction of sp³-hybridized carbons (Fsp3) is 0.381. The van der Waals surface area contributed by atoms with Crippen LogP contribution in [-0.2, 0) is 11.3 Å². The van der Waals surface area contributed by atoms with Crippen LogP contribution >= 0.6 is 11.6 Å². The molecule has 0 aromatic heterocycles. The van der Waals surface area contributed by atoms with Gasteiger partial charge >= 0.3 is 0 Å². The van der Waals surface area contributed by atoms with Crippen LogP contribution in [0.25, 0.3) is 0 Å². The van der Waals surface area contributed by atoms with Crippen LogP contribution in [0.3, 0.4) is 0 Å². The number of hydrogen-bond acceptors (Lipinski definition) is 2. The number of halogens is 1. The number of carbonyl (C=O) groups excluding carboxylic acids is 1. The lowest BCUT2D eigenvalue weighted by Crippen LogP contribution is -3.13. The summed E-state index contributed by atoms with van der Waals surface area (Å²) in [5.41, 5.74) is 2.29. The van der Waals surface area contributed by atoms with Crippen LogP contribution in [-0.4, -0.2) is 25.6 Å². The first-order chi connectivity index (χ1) is 12.5. The summed E-state index contributed by atoms with van der Waals surface area (Å²) >= 11 is 5.93. The first-order valence-corrected chi connectivity index (χ1v) is 9.45. The van der Waals surface area contributed by atoms with Gasteiger partial charge in [-0.15, -0.1) is 0 Å². The fourth-order valence-corrected chi connectivity index (χ4v) is 3.31. The van der Waals surface area contributed by atoms with Gasteiger partial charge in [-0.1, -0.05) is 23.7 Å². The second-order valence-corrected chi connectivity index (χ2v) is 7.41. The molecular weight excluding hydrogens is 348 g/mol.